The van der Waals surface area contributed by atoms with Gasteiger partial charge in [-0.05, 0) is 35.2 Å². The number of benzene rings is 2. The van der Waals surface area contributed by atoms with Crippen molar-refractivity contribution in [1.29, 1.82) is 0 Å². The molecule has 1 N–H and O–H groups in total. The van der Waals surface area contributed by atoms with Crippen LogP contribution in [-0.2, 0) is 5.41 Å². The van der Waals surface area contributed by atoms with E-state index in [9.17, 15) is 0 Å². The topological polar surface area (TPSA) is 46.6 Å². The molecule has 0 saturated carbocycles. The predicted molar refractivity (Wildman–Crippen MR) is 118 cm³/mol. The fraction of sp³-hybridized carbons (Fsp3) is 0.318. The quantitative estimate of drug-likeness (QED) is 0.846. The van der Waals surface area contributed by atoms with Crippen LogP contribution in [-0.4, -0.2) is 37.1 Å². The van der Waals surface area contributed by atoms with E-state index in [0.717, 1.165) is 29.5 Å². The zero-order valence-electron chi connectivity index (χ0n) is 17.6. The minimum atomic E-state index is 0.0197. The number of nitrogens with zero attached hydrogens (tertiary/aromatic N) is 5. The minimum absolute atomic E-state index is 0.0197. The highest BCUT2D eigenvalue weighted by atomic mass is 16.5. The van der Waals surface area contributed by atoms with Crippen LogP contribution in [0.2, 0.25) is 0 Å². The third kappa shape index (κ3) is 4.30. The molecule has 7 heteroatoms. The lowest BCUT2D eigenvalue weighted by Gasteiger charge is -2.25. The van der Waals surface area contributed by atoms with E-state index in [1.54, 1.807) is 11.5 Å². The van der Waals surface area contributed by atoms with Crippen molar-refractivity contribution in [2.45, 2.75) is 26.2 Å². The summed E-state index contributed by atoms with van der Waals surface area (Å²) in [5.74, 6) is 1.60. The summed E-state index contributed by atoms with van der Waals surface area (Å²) in [5.41, 5.74) is 6.44. The Bertz CT molecular complexity index is 949. The molecule has 7 nitrogen and oxygen atoms in total. The van der Waals surface area contributed by atoms with E-state index in [2.05, 4.69) is 78.9 Å². The molecule has 0 atom stereocenters. The molecule has 2 aliphatic rings. The number of ether oxygens (including phenoxy) is 1. The lowest BCUT2D eigenvalue weighted by molar-refractivity contribution is 0.279. The third-order valence-corrected chi connectivity index (χ3v) is 4.89. The summed E-state index contributed by atoms with van der Waals surface area (Å²) >= 11 is 0. The average molecular weight is 393 g/mol. The van der Waals surface area contributed by atoms with Crippen molar-refractivity contribution in [2.75, 3.05) is 30.7 Å². The number of nitrogens with one attached hydrogen (secondary N) is 1. The summed E-state index contributed by atoms with van der Waals surface area (Å²) in [6, 6.07) is 14.4. The van der Waals surface area contributed by atoms with Crippen LogP contribution in [0, 0.1) is 0 Å². The van der Waals surface area contributed by atoms with Crippen molar-refractivity contribution in [3.05, 3.63) is 60.4 Å². The Labute approximate surface area is 172 Å². The maximum Gasteiger partial charge on any atom is 0.133 e. The van der Waals surface area contributed by atoms with E-state index in [0.29, 0.717) is 0 Å². The molecule has 29 heavy (non-hydrogen) atoms. The SMILES string of the molecule is CN1C=CN(c2cc(Oc3cccc(N4C=NN(C)N4)c3)cc(C(C)(C)C)c2)C1. The summed E-state index contributed by atoms with van der Waals surface area (Å²) < 4.78 is 6.29. The van der Waals surface area contributed by atoms with Gasteiger partial charge in [0, 0.05) is 44.3 Å². The van der Waals surface area contributed by atoms with Crippen molar-refractivity contribution in [2.24, 2.45) is 5.10 Å². The van der Waals surface area contributed by atoms with Gasteiger partial charge in [0.25, 0.3) is 0 Å². The molecule has 2 aliphatic heterocycles. The Balaban J connectivity index is 1.63. The van der Waals surface area contributed by atoms with Gasteiger partial charge in [0.2, 0.25) is 0 Å². The van der Waals surface area contributed by atoms with Gasteiger partial charge in [-0.3, -0.25) is 0 Å². The average Bonchev–Trinajstić information content (AvgIpc) is 3.29. The number of hydrogen-bond acceptors (Lipinski definition) is 7. The highest BCUT2D eigenvalue weighted by Gasteiger charge is 2.20. The highest BCUT2D eigenvalue weighted by molar-refractivity contribution is 5.79. The van der Waals surface area contributed by atoms with E-state index in [4.69, 9.17) is 4.74 Å². The van der Waals surface area contributed by atoms with Crippen molar-refractivity contribution >= 4 is 17.7 Å². The fourth-order valence-corrected chi connectivity index (χ4v) is 3.23. The lowest BCUT2D eigenvalue weighted by atomic mass is 9.86. The van der Waals surface area contributed by atoms with Gasteiger partial charge in [-0.1, -0.05) is 26.8 Å². The Morgan fingerprint density at radius 3 is 2.41 bits per heavy atom. The molecule has 152 valence electrons. The van der Waals surface area contributed by atoms with Gasteiger partial charge in [0.15, 0.2) is 0 Å². The normalized spacial score (nSPS) is 16.3. The van der Waals surface area contributed by atoms with Crippen LogP contribution in [0.1, 0.15) is 26.3 Å². The smallest absolute Gasteiger partial charge is 0.133 e. The lowest BCUT2D eigenvalue weighted by Crippen LogP contribution is -2.38. The summed E-state index contributed by atoms with van der Waals surface area (Å²) in [6.45, 7) is 7.49. The van der Waals surface area contributed by atoms with Gasteiger partial charge in [-0.25, -0.2) is 10.1 Å². The first-order valence-electron chi connectivity index (χ1n) is 9.70. The maximum atomic E-state index is 6.29. The first kappa shape index (κ1) is 19.1. The zero-order chi connectivity index (χ0) is 20.6. The Hall–Kier alpha value is -3.19. The van der Waals surface area contributed by atoms with Crippen LogP contribution >= 0.6 is 0 Å². The highest BCUT2D eigenvalue weighted by Crippen LogP contribution is 2.35. The molecule has 0 fully saturated rings. The summed E-state index contributed by atoms with van der Waals surface area (Å²) in [7, 11) is 3.92. The number of anilines is 2. The van der Waals surface area contributed by atoms with Crippen molar-refractivity contribution in [1.82, 2.24) is 15.6 Å². The summed E-state index contributed by atoms with van der Waals surface area (Å²) in [6.07, 6.45) is 5.91. The molecule has 0 amide bonds. The van der Waals surface area contributed by atoms with Gasteiger partial charge >= 0.3 is 0 Å². The standard InChI is InChI=1S/C22H28N6O/c1-22(2,3)17-11-19(27-10-9-25(4)16-27)14-21(12-17)29-20-8-6-7-18(13-20)28-15-23-26(5)24-28/h6-15,24H,16H2,1-5H3. The van der Waals surface area contributed by atoms with Crippen LogP contribution in [0.25, 0.3) is 0 Å². The first-order chi connectivity index (χ1) is 13.8. The molecule has 2 aromatic rings. The van der Waals surface area contributed by atoms with Crippen LogP contribution in [0.5, 0.6) is 11.5 Å². The molecule has 0 aliphatic carbocycles. The molecule has 0 unspecified atom stereocenters. The molecular weight excluding hydrogens is 364 g/mol. The second-order valence-corrected chi connectivity index (χ2v) is 8.46. The molecule has 0 radical (unpaired) electrons. The molecular formula is C22H28N6O. The second-order valence-electron chi connectivity index (χ2n) is 8.46. The number of hydrazine groups is 2. The van der Waals surface area contributed by atoms with E-state index in [-0.39, 0.29) is 5.41 Å². The number of rotatable bonds is 4. The number of hydrazone groups is 1. The summed E-state index contributed by atoms with van der Waals surface area (Å²) in [5, 5.41) is 7.66. The van der Waals surface area contributed by atoms with Crippen molar-refractivity contribution in [3.8, 4) is 11.5 Å². The van der Waals surface area contributed by atoms with Crippen molar-refractivity contribution < 1.29 is 4.74 Å². The van der Waals surface area contributed by atoms with Crippen LogP contribution < -0.4 is 20.2 Å². The number of hydrogen-bond donors (Lipinski definition) is 1. The predicted octanol–water partition coefficient (Wildman–Crippen LogP) is 4.07. The van der Waals surface area contributed by atoms with E-state index >= 15 is 0 Å². The van der Waals surface area contributed by atoms with Crippen LogP contribution in [0.3, 0.4) is 0 Å². The van der Waals surface area contributed by atoms with Crippen molar-refractivity contribution in [3.63, 3.8) is 0 Å². The summed E-state index contributed by atoms with van der Waals surface area (Å²) in [4.78, 5) is 4.37. The molecule has 2 heterocycles. The minimum Gasteiger partial charge on any atom is -0.457 e. The Morgan fingerprint density at radius 1 is 0.966 bits per heavy atom. The molecule has 2 aromatic carbocycles. The van der Waals surface area contributed by atoms with Gasteiger partial charge in [0.05, 0.1) is 12.4 Å². The fourth-order valence-electron chi connectivity index (χ4n) is 3.23. The van der Waals surface area contributed by atoms with Gasteiger partial charge in [0.1, 0.15) is 17.8 Å². The largest absolute Gasteiger partial charge is 0.457 e. The van der Waals surface area contributed by atoms with Crippen LogP contribution in [0.15, 0.2) is 60.0 Å². The Morgan fingerprint density at radius 2 is 1.76 bits per heavy atom. The van der Waals surface area contributed by atoms with E-state index in [1.165, 1.54) is 5.56 Å². The van der Waals surface area contributed by atoms with Gasteiger partial charge < -0.3 is 14.5 Å². The van der Waals surface area contributed by atoms with Crippen LogP contribution in [0.4, 0.5) is 11.4 Å². The van der Waals surface area contributed by atoms with Gasteiger partial charge in [-0.15, -0.1) is 10.6 Å². The molecule has 0 aromatic heterocycles. The third-order valence-electron chi connectivity index (χ3n) is 4.89. The van der Waals surface area contributed by atoms with E-state index < -0.39 is 0 Å². The molecule has 0 bridgehead atoms. The van der Waals surface area contributed by atoms with Gasteiger partial charge in [-0.2, -0.15) is 0 Å². The second kappa shape index (κ2) is 7.33. The Kier molecular flexibility index (Phi) is 4.84. The molecule has 0 saturated heterocycles. The first-order valence-corrected chi connectivity index (χ1v) is 9.70. The van der Waals surface area contributed by atoms with E-state index in [1.807, 2.05) is 36.3 Å². The monoisotopic (exact) mass is 392 g/mol. The molecule has 0 spiro atoms. The zero-order valence-corrected chi connectivity index (χ0v) is 17.6. The molecule has 4 rings (SSSR count). The maximum absolute atomic E-state index is 6.29.